The van der Waals surface area contributed by atoms with Crippen LogP contribution in [0.3, 0.4) is 0 Å². The highest BCUT2D eigenvalue weighted by atomic mass is 79.9. The molecule has 0 fully saturated rings. The van der Waals surface area contributed by atoms with Crippen molar-refractivity contribution in [2.24, 2.45) is 0 Å². The molecule has 0 aliphatic heterocycles. The Bertz CT molecular complexity index is 644. The Labute approximate surface area is 132 Å². The van der Waals surface area contributed by atoms with Gasteiger partial charge in [-0.15, -0.1) is 0 Å². The van der Waals surface area contributed by atoms with Crippen LogP contribution in [0.1, 0.15) is 11.1 Å². The van der Waals surface area contributed by atoms with Crippen LogP contribution in [0.5, 0.6) is 0 Å². The second kappa shape index (κ2) is 7.24. The lowest BCUT2D eigenvalue weighted by atomic mass is 10.2. The largest absolute Gasteiger partial charge is 0.398 e. The fourth-order valence-electron chi connectivity index (χ4n) is 1.78. The number of carbonyl (C=O) groups excluding carboxylic acids is 1. The normalized spacial score (nSPS) is 10.4. The van der Waals surface area contributed by atoms with Gasteiger partial charge in [-0.05, 0) is 36.2 Å². The Morgan fingerprint density at radius 1 is 1.29 bits per heavy atom. The smallest absolute Gasteiger partial charge is 0.250 e. The van der Waals surface area contributed by atoms with Gasteiger partial charge in [0.25, 0.3) is 0 Å². The number of benzene rings is 2. The van der Waals surface area contributed by atoms with Crippen molar-refractivity contribution in [2.45, 2.75) is 13.5 Å². The number of rotatable bonds is 5. The molecule has 0 heterocycles. The van der Waals surface area contributed by atoms with Crippen molar-refractivity contribution < 1.29 is 9.53 Å². The average molecular weight is 349 g/mol. The zero-order valence-corrected chi connectivity index (χ0v) is 13.3. The van der Waals surface area contributed by atoms with Crippen LogP contribution >= 0.6 is 15.9 Å². The molecule has 0 aliphatic rings. The number of nitrogen functional groups attached to an aromatic ring is 1. The third kappa shape index (κ3) is 4.58. The molecule has 3 N–H and O–H groups in total. The van der Waals surface area contributed by atoms with E-state index < -0.39 is 0 Å². The summed E-state index contributed by atoms with van der Waals surface area (Å²) in [6.07, 6.45) is 0. The lowest BCUT2D eigenvalue weighted by Gasteiger charge is -2.09. The number of nitrogens with one attached hydrogen (secondary N) is 1. The van der Waals surface area contributed by atoms with Crippen molar-refractivity contribution in [3.63, 3.8) is 0 Å². The van der Waals surface area contributed by atoms with Crippen molar-refractivity contribution in [1.29, 1.82) is 0 Å². The molecule has 0 radical (unpaired) electrons. The minimum atomic E-state index is -0.203. The first-order chi connectivity index (χ1) is 10.1. The summed E-state index contributed by atoms with van der Waals surface area (Å²) in [7, 11) is 0. The molecular weight excluding hydrogens is 332 g/mol. The molecule has 2 aromatic carbocycles. The van der Waals surface area contributed by atoms with Crippen LogP contribution in [0.2, 0.25) is 0 Å². The van der Waals surface area contributed by atoms with Crippen molar-refractivity contribution in [3.05, 3.63) is 58.1 Å². The van der Waals surface area contributed by atoms with Gasteiger partial charge < -0.3 is 15.8 Å². The summed E-state index contributed by atoms with van der Waals surface area (Å²) < 4.78 is 6.38. The van der Waals surface area contributed by atoms with E-state index >= 15 is 0 Å². The standard InChI is InChI=1S/C16H17BrN2O2/c1-11-6-7-13(8-15(11)18)19-16(20)10-21-9-12-4-2-3-5-14(12)17/h2-8H,9-10,18H2,1H3,(H,19,20). The summed E-state index contributed by atoms with van der Waals surface area (Å²) in [6.45, 7) is 2.29. The van der Waals surface area contributed by atoms with E-state index in [1.807, 2.05) is 43.3 Å². The molecule has 2 rings (SSSR count). The van der Waals surface area contributed by atoms with Crippen molar-refractivity contribution >= 4 is 33.2 Å². The number of hydrogen-bond acceptors (Lipinski definition) is 3. The summed E-state index contributed by atoms with van der Waals surface area (Å²) in [5.41, 5.74) is 9.12. The van der Waals surface area contributed by atoms with Gasteiger partial charge in [0.2, 0.25) is 5.91 Å². The van der Waals surface area contributed by atoms with Crippen molar-refractivity contribution in [2.75, 3.05) is 17.7 Å². The van der Waals surface area contributed by atoms with E-state index in [1.54, 1.807) is 6.07 Å². The molecule has 0 aromatic heterocycles. The zero-order valence-electron chi connectivity index (χ0n) is 11.7. The van der Waals surface area contributed by atoms with Gasteiger partial charge in [0.05, 0.1) is 6.61 Å². The Hall–Kier alpha value is -1.85. The highest BCUT2D eigenvalue weighted by molar-refractivity contribution is 9.10. The number of nitrogens with two attached hydrogens (primary N) is 1. The fourth-order valence-corrected chi connectivity index (χ4v) is 2.18. The van der Waals surface area contributed by atoms with Crippen LogP contribution in [-0.4, -0.2) is 12.5 Å². The van der Waals surface area contributed by atoms with Crippen LogP contribution in [-0.2, 0) is 16.1 Å². The lowest BCUT2D eigenvalue weighted by molar-refractivity contribution is -0.121. The minimum Gasteiger partial charge on any atom is -0.398 e. The average Bonchev–Trinajstić information content (AvgIpc) is 2.45. The van der Waals surface area contributed by atoms with Gasteiger partial charge in [-0.25, -0.2) is 0 Å². The van der Waals surface area contributed by atoms with E-state index in [0.29, 0.717) is 18.0 Å². The van der Waals surface area contributed by atoms with E-state index in [0.717, 1.165) is 15.6 Å². The Kier molecular flexibility index (Phi) is 5.36. The summed E-state index contributed by atoms with van der Waals surface area (Å²) in [5, 5.41) is 2.76. The van der Waals surface area contributed by atoms with Gasteiger partial charge >= 0.3 is 0 Å². The molecule has 110 valence electrons. The second-order valence-corrected chi connectivity index (χ2v) is 5.56. The van der Waals surface area contributed by atoms with Gasteiger partial charge in [-0.3, -0.25) is 4.79 Å². The molecule has 21 heavy (non-hydrogen) atoms. The predicted molar refractivity (Wildman–Crippen MR) is 88.0 cm³/mol. The third-order valence-electron chi connectivity index (χ3n) is 3.01. The molecular formula is C16H17BrN2O2. The van der Waals surface area contributed by atoms with Crippen molar-refractivity contribution in [3.8, 4) is 0 Å². The second-order valence-electron chi connectivity index (χ2n) is 4.70. The SMILES string of the molecule is Cc1ccc(NC(=O)COCc2ccccc2Br)cc1N. The summed E-state index contributed by atoms with van der Waals surface area (Å²) >= 11 is 3.44. The first-order valence-electron chi connectivity index (χ1n) is 6.53. The molecule has 0 spiro atoms. The maximum Gasteiger partial charge on any atom is 0.250 e. The highest BCUT2D eigenvalue weighted by Crippen LogP contribution is 2.18. The monoisotopic (exact) mass is 348 g/mol. The van der Waals surface area contributed by atoms with Crippen LogP contribution in [0, 0.1) is 6.92 Å². The fraction of sp³-hybridized carbons (Fsp3) is 0.188. The van der Waals surface area contributed by atoms with Crippen LogP contribution < -0.4 is 11.1 Å². The Morgan fingerprint density at radius 2 is 2.05 bits per heavy atom. The number of anilines is 2. The number of carbonyl (C=O) groups is 1. The topological polar surface area (TPSA) is 64.3 Å². The summed E-state index contributed by atoms with van der Waals surface area (Å²) in [6, 6.07) is 13.2. The van der Waals surface area contributed by atoms with Gasteiger partial charge in [0, 0.05) is 15.8 Å². The molecule has 1 amide bonds. The van der Waals surface area contributed by atoms with Gasteiger partial charge in [-0.2, -0.15) is 0 Å². The Morgan fingerprint density at radius 3 is 2.76 bits per heavy atom. The van der Waals surface area contributed by atoms with Crippen LogP contribution in [0.25, 0.3) is 0 Å². The zero-order chi connectivity index (χ0) is 15.2. The molecule has 0 unspecified atom stereocenters. The van der Waals surface area contributed by atoms with E-state index in [-0.39, 0.29) is 12.5 Å². The number of ether oxygens (including phenoxy) is 1. The highest BCUT2D eigenvalue weighted by Gasteiger charge is 2.05. The molecule has 0 bridgehead atoms. The maximum absolute atomic E-state index is 11.8. The molecule has 2 aromatic rings. The van der Waals surface area contributed by atoms with E-state index in [2.05, 4.69) is 21.2 Å². The lowest BCUT2D eigenvalue weighted by Crippen LogP contribution is -2.18. The minimum absolute atomic E-state index is 0.00485. The summed E-state index contributed by atoms with van der Waals surface area (Å²) in [5.74, 6) is -0.203. The van der Waals surface area contributed by atoms with Gasteiger partial charge in [0.15, 0.2) is 0 Å². The maximum atomic E-state index is 11.8. The molecule has 5 heteroatoms. The molecule has 0 atom stereocenters. The van der Waals surface area contributed by atoms with Crippen LogP contribution in [0.4, 0.5) is 11.4 Å². The van der Waals surface area contributed by atoms with E-state index in [1.165, 1.54) is 0 Å². The van der Waals surface area contributed by atoms with Crippen molar-refractivity contribution in [1.82, 2.24) is 0 Å². The first-order valence-corrected chi connectivity index (χ1v) is 7.32. The molecule has 4 nitrogen and oxygen atoms in total. The third-order valence-corrected chi connectivity index (χ3v) is 3.79. The molecule has 0 saturated carbocycles. The Balaban J connectivity index is 1.82. The van der Waals surface area contributed by atoms with Gasteiger partial charge in [-0.1, -0.05) is 40.2 Å². The van der Waals surface area contributed by atoms with E-state index in [9.17, 15) is 4.79 Å². The molecule has 0 saturated heterocycles. The number of halogens is 1. The van der Waals surface area contributed by atoms with E-state index in [4.69, 9.17) is 10.5 Å². The van der Waals surface area contributed by atoms with Crippen LogP contribution in [0.15, 0.2) is 46.9 Å². The first kappa shape index (κ1) is 15.5. The van der Waals surface area contributed by atoms with Gasteiger partial charge in [0.1, 0.15) is 6.61 Å². The number of aryl methyl sites for hydroxylation is 1. The molecule has 0 aliphatic carbocycles. The number of hydrogen-bond donors (Lipinski definition) is 2. The predicted octanol–water partition coefficient (Wildman–Crippen LogP) is 3.50. The summed E-state index contributed by atoms with van der Waals surface area (Å²) in [4.78, 5) is 11.8. The number of amides is 1. The quantitative estimate of drug-likeness (QED) is 0.812.